The van der Waals surface area contributed by atoms with Gasteiger partial charge in [-0.3, -0.25) is 9.69 Å². The number of methoxy groups -OCH3 is 1. The first-order chi connectivity index (χ1) is 14.0. The standard InChI is InChI=1S/C23H27FN2O3/c1-17-5-3-6-18(22(17)28-2)14-25-11-9-23(10-12-25)16-26(21(27)15-29-23)20-8-4-7-19(24)13-20/h3-8,13H,9-12,14-16H2,1-2H3. The molecule has 0 atom stereocenters. The molecule has 1 spiro atoms. The molecule has 5 nitrogen and oxygen atoms in total. The van der Waals surface area contributed by atoms with Crippen molar-refractivity contribution in [2.75, 3.05) is 38.3 Å². The molecule has 1 amide bonds. The molecule has 4 rings (SSSR count). The van der Waals surface area contributed by atoms with Gasteiger partial charge in [0.2, 0.25) is 0 Å². The van der Waals surface area contributed by atoms with E-state index in [1.165, 1.54) is 17.7 Å². The zero-order chi connectivity index (χ0) is 20.4. The number of piperidine rings is 1. The average Bonchev–Trinajstić information content (AvgIpc) is 2.72. The molecule has 0 saturated carbocycles. The van der Waals surface area contributed by atoms with E-state index in [1.807, 2.05) is 0 Å². The number of carbonyl (C=O) groups excluding carboxylic acids is 1. The molecule has 2 aliphatic heterocycles. The quantitative estimate of drug-likeness (QED) is 0.790. The van der Waals surface area contributed by atoms with Crippen LogP contribution in [-0.4, -0.2) is 49.8 Å². The lowest BCUT2D eigenvalue weighted by molar-refractivity contribution is -0.145. The Labute approximate surface area is 171 Å². The van der Waals surface area contributed by atoms with Crippen LogP contribution in [0.4, 0.5) is 10.1 Å². The van der Waals surface area contributed by atoms with Gasteiger partial charge in [-0.25, -0.2) is 4.39 Å². The van der Waals surface area contributed by atoms with Gasteiger partial charge in [0, 0.05) is 30.9 Å². The summed E-state index contributed by atoms with van der Waals surface area (Å²) in [4.78, 5) is 16.5. The van der Waals surface area contributed by atoms with E-state index in [9.17, 15) is 9.18 Å². The van der Waals surface area contributed by atoms with Gasteiger partial charge in [0.1, 0.15) is 18.2 Å². The molecule has 2 fully saturated rings. The molecule has 0 bridgehead atoms. The topological polar surface area (TPSA) is 42.0 Å². The van der Waals surface area contributed by atoms with E-state index in [0.29, 0.717) is 12.2 Å². The number of likely N-dealkylation sites (tertiary alicyclic amines) is 1. The molecule has 2 aliphatic rings. The fourth-order valence-corrected chi connectivity index (χ4v) is 4.39. The first-order valence-corrected chi connectivity index (χ1v) is 10.0. The minimum absolute atomic E-state index is 0.0439. The minimum atomic E-state index is -0.368. The van der Waals surface area contributed by atoms with E-state index in [0.717, 1.165) is 43.8 Å². The smallest absolute Gasteiger partial charge is 0.253 e. The number of nitrogens with zero attached hydrogens (tertiary/aromatic N) is 2. The van der Waals surface area contributed by atoms with Crippen LogP contribution in [-0.2, 0) is 16.1 Å². The van der Waals surface area contributed by atoms with Crippen molar-refractivity contribution in [2.24, 2.45) is 0 Å². The van der Waals surface area contributed by atoms with Crippen LogP contribution in [0.1, 0.15) is 24.0 Å². The average molecular weight is 398 g/mol. The SMILES string of the molecule is COc1c(C)cccc1CN1CCC2(CC1)CN(c1cccc(F)c1)C(=O)CO2. The highest BCUT2D eigenvalue weighted by Gasteiger charge is 2.42. The van der Waals surface area contributed by atoms with Crippen molar-refractivity contribution in [2.45, 2.75) is 31.9 Å². The monoisotopic (exact) mass is 398 g/mol. The summed E-state index contributed by atoms with van der Waals surface area (Å²) >= 11 is 0. The van der Waals surface area contributed by atoms with E-state index >= 15 is 0 Å². The zero-order valence-corrected chi connectivity index (χ0v) is 17.0. The zero-order valence-electron chi connectivity index (χ0n) is 17.0. The Morgan fingerprint density at radius 2 is 1.93 bits per heavy atom. The normalized spacial score (nSPS) is 19.6. The summed E-state index contributed by atoms with van der Waals surface area (Å²) in [5.74, 6) is 0.496. The van der Waals surface area contributed by atoms with Crippen molar-refractivity contribution in [1.82, 2.24) is 4.90 Å². The maximum Gasteiger partial charge on any atom is 0.253 e. The number of anilines is 1. The van der Waals surface area contributed by atoms with Crippen LogP contribution in [0.3, 0.4) is 0 Å². The van der Waals surface area contributed by atoms with Gasteiger partial charge >= 0.3 is 0 Å². The second-order valence-corrected chi connectivity index (χ2v) is 7.97. The molecule has 2 aromatic rings. The van der Waals surface area contributed by atoms with Gasteiger partial charge in [-0.15, -0.1) is 0 Å². The minimum Gasteiger partial charge on any atom is -0.496 e. The predicted octanol–water partition coefficient (Wildman–Crippen LogP) is 3.54. The van der Waals surface area contributed by atoms with Crippen molar-refractivity contribution in [3.05, 3.63) is 59.4 Å². The lowest BCUT2D eigenvalue weighted by Gasteiger charge is -2.47. The summed E-state index contributed by atoms with van der Waals surface area (Å²) in [5.41, 5.74) is 2.56. The van der Waals surface area contributed by atoms with Gasteiger partial charge in [-0.2, -0.15) is 0 Å². The molecule has 0 N–H and O–H groups in total. The van der Waals surface area contributed by atoms with E-state index in [1.54, 1.807) is 24.1 Å². The number of carbonyl (C=O) groups is 1. The number of rotatable bonds is 4. The van der Waals surface area contributed by atoms with Crippen LogP contribution in [0.15, 0.2) is 42.5 Å². The maximum atomic E-state index is 13.6. The Kier molecular flexibility index (Phi) is 5.56. The fraction of sp³-hybridized carbons (Fsp3) is 0.435. The molecule has 0 aromatic heterocycles. The van der Waals surface area contributed by atoms with Crippen molar-refractivity contribution < 1.29 is 18.7 Å². The van der Waals surface area contributed by atoms with Crippen LogP contribution < -0.4 is 9.64 Å². The van der Waals surface area contributed by atoms with E-state index in [-0.39, 0.29) is 23.9 Å². The predicted molar refractivity (Wildman–Crippen MR) is 110 cm³/mol. The Bertz CT molecular complexity index is 893. The number of morpholine rings is 1. The van der Waals surface area contributed by atoms with Crippen LogP contribution in [0.5, 0.6) is 5.75 Å². The van der Waals surface area contributed by atoms with Crippen LogP contribution in [0.2, 0.25) is 0 Å². The second-order valence-electron chi connectivity index (χ2n) is 7.97. The van der Waals surface area contributed by atoms with Gasteiger partial charge in [0.15, 0.2) is 0 Å². The highest BCUT2D eigenvalue weighted by atomic mass is 19.1. The molecule has 0 unspecified atom stereocenters. The molecule has 2 heterocycles. The fourth-order valence-electron chi connectivity index (χ4n) is 4.39. The first-order valence-electron chi connectivity index (χ1n) is 10.0. The molecule has 2 aromatic carbocycles. The van der Waals surface area contributed by atoms with Crippen molar-refractivity contribution >= 4 is 11.6 Å². The summed E-state index contributed by atoms with van der Waals surface area (Å²) in [6, 6.07) is 12.4. The van der Waals surface area contributed by atoms with Gasteiger partial charge in [0.25, 0.3) is 5.91 Å². The second kappa shape index (κ2) is 8.13. The lowest BCUT2D eigenvalue weighted by Crippen LogP contribution is -2.58. The molecule has 0 radical (unpaired) electrons. The molecular formula is C23H27FN2O3. The third-order valence-corrected chi connectivity index (χ3v) is 6.03. The van der Waals surface area contributed by atoms with E-state index < -0.39 is 0 Å². The number of hydrogen-bond donors (Lipinski definition) is 0. The van der Waals surface area contributed by atoms with Gasteiger partial charge < -0.3 is 14.4 Å². The molecule has 0 aliphatic carbocycles. The third-order valence-electron chi connectivity index (χ3n) is 6.03. The van der Waals surface area contributed by atoms with Crippen LogP contribution in [0.25, 0.3) is 0 Å². The van der Waals surface area contributed by atoms with Crippen molar-refractivity contribution in [3.8, 4) is 5.75 Å². The highest BCUT2D eigenvalue weighted by molar-refractivity contribution is 5.95. The first kappa shape index (κ1) is 19.9. The molecule has 6 heteroatoms. The molecule has 29 heavy (non-hydrogen) atoms. The lowest BCUT2D eigenvalue weighted by atomic mass is 9.88. The molecular weight excluding hydrogens is 371 g/mol. The number of benzene rings is 2. The van der Waals surface area contributed by atoms with Gasteiger partial charge in [-0.05, 0) is 43.5 Å². The highest BCUT2D eigenvalue weighted by Crippen LogP contribution is 2.34. The Morgan fingerprint density at radius 3 is 2.66 bits per heavy atom. The number of amides is 1. The Balaban J connectivity index is 1.43. The summed E-state index contributed by atoms with van der Waals surface area (Å²) in [6.45, 7) is 5.15. The third kappa shape index (κ3) is 4.14. The van der Waals surface area contributed by atoms with Crippen LogP contribution >= 0.6 is 0 Å². The summed E-state index contributed by atoms with van der Waals surface area (Å²) in [6.07, 6.45) is 1.67. The van der Waals surface area contributed by atoms with Crippen molar-refractivity contribution in [1.29, 1.82) is 0 Å². The summed E-state index contributed by atoms with van der Waals surface area (Å²) < 4.78 is 25.3. The maximum absolute atomic E-state index is 13.6. The van der Waals surface area contributed by atoms with Crippen molar-refractivity contribution in [3.63, 3.8) is 0 Å². The molecule has 154 valence electrons. The van der Waals surface area contributed by atoms with Gasteiger partial charge in [0.05, 0.1) is 19.3 Å². The van der Waals surface area contributed by atoms with E-state index in [4.69, 9.17) is 9.47 Å². The Hall–Kier alpha value is -2.44. The number of hydrogen-bond acceptors (Lipinski definition) is 4. The van der Waals surface area contributed by atoms with Crippen LogP contribution in [0, 0.1) is 12.7 Å². The van der Waals surface area contributed by atoms with Gasteiger partial charge in [-0.1, -0.05) is 24.3 Å². The summed E-state index contributed by atoms with van der Waals surface area (Å²) in [7, 11) is 1.71. The molecule has 2 saturated heterocycles. The Morgan fingerprint density at radius 1 is 1.17 bits per heavy atom. The summed E-state index contributed by atoms with van der Waals surface area (Å²) in [5, 5.41) is 0. The number of ether oxygens (including phenoxy) is 2. The number of para-hydroxylation sites is 1. The van der Waals surface area contributed by atoms with E-state index in [2.05, 4.69) is 30.0 Å². The largest absolute Gasteiger partial charge is 0.496 e. The number of aryl methyl sites for hydroxylation is 1. The number of halogens is 1.